The number of hydrogen-bond acceptors (Lipinski definition) is 4. The Morgan fingerprint density at radius 2 is 1.81 bits per heavy atom. The first kappa shape index (κ1) is 20.1. The molecular formula is C20H30N2O4S. The summed E-state index contributed by atoms with van der Waals surface area (Å²) in [6.45, 7) is 3.08. The summed E-state index contributed by atoms with van der Waals surface area (Å²) in [5, 5.41) is 0. The maximum Gasteiger partial charge on any atom is 0.253 e. The van der Waals surface area contributed by atoms with Crippen molar-refractivity contribution in [1.29, 1.82) is 0 Å². The van der Waals surface area contributed by atoms with Crippen LogP contribution in [-0.4, -0.2) is 56.8 Å². The highest BCUT2D eigenvalue weighted by Crippen LogP contribution is 2.35. The van der Waals surface area contributed by atoms with Crippen LogP contribution in [0.25, 0.3) is 0 Å². The second-order valence-corrected chi connectivity index (χ2v) is 9.58. The molecule has 3 rings (SSSR count). The summed E-state index contributed by atoms with van der Waals surface area (Å²) in [7, 11) is -0.448. The third-order valence-corrected chi connectivity index (χ3v) is 7.75. The standard InChI is InChI=1S/C20H30N2O4S/c1-15(16-8-9-16)21(2)20(23)17-10-11-18(26-3)19(14-17)27(24,25)22-12-6-4-5-7-13-22/h10-11,14-16H,4-9,12-13H2,1-3H3. The number of hydrogen-bond donors (Lipinski definition) is 0. The van der Waals surface area contributed by atoms with Crippen molar-refractivity contribution < 1.29 is 17.9 Å². The van der Waals surface area contributed by atoms with Gasteiger partial charge in [-0.2, -0.15) is 4.31 Å². The van der Waals surface area contributed by atoms with E-state index in [1.165, 1.54) is 17.5 Å². The van der Waals surface area contributed by atoms with Crippen molar-refractivity contribution in [2.45, 2.75) is 56.4 Å². The Labute approximate surface area is 162 Å². The van der Waals surface area contributed by atoms with Gasteiger partial charge in [-0.1, -0.05) is 12.8 Å². The zero-order valence-corrected chi connectivity index (χ0v) is 17.3. The van der Waals surface area contributed by atoms with Gasteiger partial charge in [0.1, 0.15) is 10.6 Å². The predicted octanol–water partition coefficient (Wildman–Crippen LogP) is 3.13. The molecule has 1 saturated heterocycles. The molecule has 1 aromatic rings. The third-order valence-electron chi connectivity index (χ3n) is 5.83. The first-order chi connectivity index (χ1) is 12.9. The van der Waals surface area contributed by atoms with E-state index >= 15 is 0 Å². The van der Waals surface area contributed by atoms with Crippen LogP contribution in [0, 0.1) is 5.92 Å². The Morgan fingerprint density at radius 3 is 2.37 bits per heavy atom. The zero-order valence-electron chi connectivity index (χ0n) is 16.5. The number of carbonyl (C=O) groups excluding carboxylic acids is 1. The maximum atomic E-state index is 13.2. The van der Waals surface area contributed by atoms with Crippen LogP contribution in [0.3, 0.4) is 0 Å². The molecule has 150 valence electrons. The fourth-order valence-corrected chi connectivity index (χ4v) is 5.41. The van der Waals surface area contributed by atoms with E-state index in [2.05, 4.69) is 0 Å². The third kappa shape index (κ3) is 4.29. The molecule has 27 heavy (non-hydrogen) atoms. The minimum atomic E-state index is -3.70. The van der Waals surface area contributed by atoms with Crippen molar-refractivity contribution in [1.82, 2.24) is 9.21 Å². The fraction of sp³-hybridized carbons (Fsp3) is 0.650. The van der Waals surface area contributed by atoms with Crippen molar-refractivity contribution in [2.24, 2.45) is 5.92 Å². The van der Waals surface area contributed by atoms with Gasteiger partial charge in [-0.3, -0.25) is 4.79 Å². The smallest absolute Gasteiger partial charge is 0.253 e. The highest BCUT2D eigenvalue weighted by molar-refractivity contribution is 7.89. The van der Waals surface area contributed by atoms with Crippen LogP contribution in [0.4, 0.5) is 0 Å². The van der Waals surface area contributed by atoms with E-state index in [9.17, 15) is 13.2 Å². The number of benzene rings is 1. The number of carbonyl (C=O) groups is 1. The lowest BCUT2D eigenvalue weighted by molar-refractivity contribution is 0.0727. The summed E-state index contributed by atoms with van der Waals surface area (Å²) in [6.07, 6.45) is 6.12. The molecule has 2 aliphatic rings. The molecule has 1 aliphatic carbocycles. The number of ether oxygens (including phenoxy) is 1. The molecule has 1 saturated carbocycles. The van der Waals surface area contributed by atoms with Crippen molar-refractivity contribution in [3.63, 3.8) is 0 Å². The van der Waals surface area contributed by atoms with E-state index in [1.54, 1.807) is 24.1 Å². The first-order valence-electron chi connectivity index (χ1n) is 9.81. The molecule has 0 radical (unpaired) electrons. The number of methoxy groups -OCH3 is 1. The first-order valence-corrected chi connectivity index (χ1v) is 11.3. The second kappa shape index (κ2) is 8.19. The van der Waals surface area contributed by atoms with E-state index in [0.29, 0.717) is 24.6 Å². The number of rotatable bonds is 6. The molecule has 7 heteroatoms. The molecule has 1 heterocycles. The van der Waals surface area contributed by atoms with Crippen molar-refractivity contribution in [3.8, 4) is 5.75 Å². The highest BCUT2D eigenvalue weighted by atomic mass is 32.2. The van der Waals surface area contributed by atoms with E-state index in [1.807, 2.05) is 6.92 Å². The second-order valence-electron chi connectivity index (χ2n) is 7.68. The minimum absolute atomic E-state index is 0.0882. The Hall–Kier alpha value is -1.60. The molecule has 6 nitrogen and oxygen atoms in total. The summed E-state index contributed by atoms with van der Waals surface area (Å²) in [5.74, 6) is 0.690. The quantitative estimate of drug-likeness (QED) is 0.743. The van der Waals surface area contributed by atoms with Crippen LogP contribution in [0.5, 0.6) is 5.75 Å². The van der Waals surface area contributed by atoms with Crippen molar-refractivity contribution >= 4 is 15.9 Å². The van der Waals surface area contributed by atoms with E-state index in [4.69, 9.17) is 4.74 Å². The normalized spacial score (nSPS) is 20.0. The van der Waals surface area contributed by atoms with Crippen LogP contribution >= 0.6 is 0 Å². The summed E-state index contributed by atoms with van der Waals surface area (Å²) < 4.78 is 33.3. The van der Waals surface area contributed by atoms with Crippen LogP contribution in [0.1, 0.15) is 55.8 Å². The van der Waals surface area contributed by atoms with Crippen LogP contribution in [0.2, 0.25) is 0 Å². The topological polar surface area (TPSA) is 66.9 Å². The van der Waals surface area contributed by atoms with Gasteiger partial charge < -0.3 is 9.64 Å². The molecule has 0 bridgehead atoms. The molecule has 1 amide bonds. The van der Waals surface area contributed by atoms with Crippen LogP contribution in [0.15, 0.2) is 23.1 Å². The Morgan fingerprint density at radius 1 is 1.19 bits per heavy atom. The number of nitrogens with zero attached hydrogens (tertiary/aromatic N) is 2. The average molecular weight is 395 g/mol. The van der Waals surface area contributed by atoms with Gasteiger partial charge >= 0.3 is 0 Å². The van der Waals surface area contributed by atoms with Gasteiger partial charge in [-0.25, -0.2) is 8.42 Å². The lowest BCUT2D eigenvalue weighted by Gasteiger charge is -2.26. The summed E-state index contributed by atoms with van der Waals surface area (Å²) >= 11 is 0. The summed E-state index contributed by atoms with van der Waals surface area (Å²) in [5.41, 5.74) is 0.388. The Bertz CT molecular complexity index is 781. The SMILES string of the molecule is COc1ccc(C(=O)N(C)C(C)C2CC2)cc1S(=O)(=O)N1CCCCCC1. The average Bonchev–Trinajstić information content (AvgIpc) is 3.52. The fourth-order valence-electron chi connectivity index (χ4n) is 3.72. The number of sulfonamides is 1. The maximum absolute atomic E-state index is 13.2. The molecule has 1 aromatic carbocycles. The minimum Gasteiger partial charge on any atom is -0.495 e. The van der Waals surface area contributed by atoms with Gasteiger partial charge in [0.25, 0.3) is 5.91 Å². The molecule has 1 atom stereocenters. The molecule has 2 fully saturated rings. The van der Waals surface area contributed by atoms with Gasteiger partial charge in [0.05, 0.1) is 7.11 Å². The van der Waals surface area contributed by atoms with Gasteiger partial charge in [0.2, 0.25) is 10.0 Å². The van der Waals surface area contributed by atoms with Crippen LogP contribution in [-0.2, 0) is 10.0 Å². The molecular weight excluding hydrogens is 364 g/mol. The van der Waals surface area contributed by atoms with Gasteiger partial charge in [0.15, 0.2) is 0 Å². The molecule has 0 N–H and O–H groups in total. The van der Waals surface area contributed by atoms with Crippen molar-refractivity contribution in [2.75, 3.05) is 27.2 Å². The van der Waals surface area contributed by atoms with Crippen LogP contribution < -0.4 is 4.74 Å². The lowest BCUT2D eigenvalue weighted by Crippen LogP contribution is -2.36. The van der Waals surface area contributed by atoms with Gasteiger partial charge in [-0.15, -0.1) is 0 Å². The molecule has 1 unspecified atom stereocenters. The Kier molecular flexibility index (Phi) is 6.11. The van der Waals surface area contributed by atoms with E-state index < -0.39 is 10.0 Å². The highest BCUT2D eigenvalue weighted by Gasteiger charge is 2.34. The van der Waals surface area contributed by atoms with Gasteiger partial charge in [-0.05, 0) is 56.7 Å². The largest absolute Gasteiger partial charge is 0.495 e. The molecule has 0 aromatic heterocycles. The number of amides is 1. The monoisotopic (exact) mass is 394 g/mol. The lowest BCUT2D eigenvalue weighted by atomic mass is 10.1. The molecule has 0 spiro atoms. The Balaban J connectivity index is 1.92. The molecule has 1 aliphatic heterocycles. The van der Waals surface area contributed by atoms with E-state index in [0.717, 1.165) is 38.5 Å². The summed E-state index contributed by atoms with van der Waals surface area (Å²) in [4.78, 5) is 14.7. The summed E-state index contributed by atoms with van der Waals surface area (Å²) in [6, 6.07) is 4.88. The van der Waals surface area contributed by atoms with E-state index in [-0.39, 0.29) is 22.6 Å². The van der Waals surface area contributed by atoms with Gasteiger partial charge in [0, 0.05) is 31.7 Å². The zero-order chi connectivity index (χ0) is 19.6. The predicted molar refractivity (Wildman–Crippen MR) is 105 cm³/mol. The van der Waals surface area contributed by atoms with Crippen molar-refractivity contribution in [3.05, 3.63) is 23.8 Å².